The molecule has 2 saturated heterocycles. The molecule has 22 heteroatoms. The molecule has 84 heavy (non-hydrogen) atoms. The summed E-state index contributed by atoms with van der Waals surface area (Å²) in [5.41, 5.74) is 3.77. The molecule has 0 aromatic heterocycles. The van der Waals surface area contributed by atoms with E-state index in [1.807, 2.05) is 38.1 Å². The quantitative estimate of drug-likeness (QED) is 0.0651. The van der Waals surface area contributed by atoms with Gasteiger partial charge in [-0.05, 0) is 134 Å². The van der Waals surface area contributed by atoms with Crippen LogP contribution in [0.1, 0.15) is 112 Å². The van der Waals surface area contributed by atoms with Gasteiger partial charge in [0.15, 0.2) is 0 Å². The maximum absolute atomic E-state index is 14.2. The summed E-state index contributed by atoms with van der Waals surface area (Å²) in [7, 11) is -7.40. The average molecular weight is 1260 g/mol. The Labute approximate surface area is 509 Å². The summed E-state index contributed by atoms with van der Waals surface area (Å²) >= 11 is 25.1. The third kappa shape index (κ3) is 14.4. The zero-order valence-corrected chi connectivity index (χ0v) is 50.6. The summed E-state index contributed by atoms with van der Waals surface area (Å²) in [5.74, 6) is -3.39. The van der Waals surface area contributed by atoms with Crippen molar-refractivity contribution in [3.8, 4) is 0 Å². The number of hydrogen-bond acceptors (Lipinski definition) is 10. The zero-order chi connectivity index (χ0) is 60.0. The lowest BCUT2D eigenvalue weighted by atomic mass is 9.89. The first-order valence-electron chi connectivity index (χ1n) is 27.7. The SMILES string of the molecule is CC[C@@H](CN(c1ccccc1)S(=O)(=O)C1CC1)N1C(=O)[C@@H](CC(=O)O)O[C@H](c2cccc(Cl)c2)C1c1ccc(Cl)cc1.CC[C@@H](CN(c1ccccc1)S(=O)(=O)C1CC1)N1C(=O)[C@H](CC(=O)O)O[C@H](c2cccc(Cl)c2)C1c1ccc(Cl)cc1. The number of sulfonamides is 2. The summed E-state index contributed by atoms with van der Waals surface area (Å²) in [4.78, 5) is 55.3. The van der Waals surface area contributed by atoms with E-state index in [4.69, 9.17) is 55.9 Å². The molecule has 2 N–H and O–H groups in total. The van der Waals surface area contributed by atoms with Gasteiger partial charge in [-0.25, -0.2) is 16.8 Å². The van der Waals surface area contributed by atoms with E-state index in [2.05, 4.69) is 0 Å². The van der Waals surface area contributed by atoms with Gasteiger partial charge in [0.25, 0.3) is 11.8 Å². The molecule has 0 radical (unpaired) electrons. The highest BCUT2D eigenvalue weighted by atomic mass is 35.5. The minimum atomic E-state index is -3.70. The number of aliphatic carboxylic acids is 2. The van der Waals surface area contributed by atoms with E-state index in [0.29, 0.717) is 92.2 Å². The van der Waals surface area contributed by atoms with E-state index in [-0.39, 0.29) is 13.1 Å². The second kappa shape index (κ2) is 27.0. The van der Waals surface area contributed by atoms with E-state index in [0.717, 1.165) is 0 Å². The van der Waals surface area contributed by atoms with Crippen molar-refractivity contribution < 1.29 is 55.7 Å². The number of carboxylic acids is 2. The zero-order valence-electron chi connectivity index (χ0n) is 45.9. The van der Waals surface area contributed by atoms with Crippen molar-refractivity contribution in [1.82, 2.24) is 9.80 Å². The number of carbonyl (C=O) groups is 4. The molecule has 2 aliphatic carbocycles. The third-order valence-corrected chi connectivity index (χ3v) is 21.0. The van der Waals surface area contributed by atoms with Crippen LogP contribution in [0.5, 0.6) is 0 Å². The Kier molecular flexibility index (Phi) is 20.0. The first-order valence-corrected chi connectivity index (χ1v) is 32.3. The van der Waals surface area contributed by atoms with Crippen LogP contribution in [0.3, 0.4) is 0 Å². The molecule has 2 unspecified atom stereocenters. The number of ether oxygens (including phenoxy) is 2. The molecule has 4 fully saturated rings. The van der Waals surface area contributed by atoms with Crippen LogP contribution in [0.25, 0.3) is 0 Å². The minimum Gasteiger partial charge on any atom is -0.481 e. The van der Waals surface area contributed by atoms with Gasteiger partial charge in [-0.1, -0.05) is 145 Å². The van der Waals surface area contributed by atoms with Crippen molar-refractivity contribution in [3.63, 3.8) is 0 Å². The third-order valence-electron chi connectivity index (χ3n) is 15.4. The molecule has 10 rings (SSSR count). The van der Waals surface area contributed by atoms with Gasteiger partial charge in [-0.3, -0.25) is 27.8 Å². The molecule has 2 amide bonds. The predicted molar refractivity (Wildman–Crippen MR) is 324 cm³/mol. The van der Waals surface area contributed by atoms with E-state index >= 15 is 0 Å². The topological polar surface area (TPSA) is 208 Å². The number of amides is 2. The number of nitrogens with zero attached hydrogens (tertiary/aromatic N) is 4. The monoisotopic (exact) mass is 1260 g/mol. The smallest absolute Gasteiger partial charge is 0.306 e. The molecule has 6 aromatic carbocycles. The fraction of sp³-hybridized carbons (Fsp3) is 0.355. The highest BCUT2D eigenvalue weighted by molar-refractivity contribution is 7.94. The van der Waals surface area contributed by atoms with Crippen molar-refractivity contribution >= 4 is 102 Å². The van der Waals surface area contributed by atoms with Gasteiger partial charge >= 0.3 is 11.9 Å². The van der Waals surface area contributed by atoms with Crippen LogP contribution in [-0.4, -0.2) is 108 Å². The number of halogens is 4. The van der Waals surface area contributed by atoms with E-state index in [1.165, 1.54) is 8.61 Å². The Morgan fingerprint density at radius 2 is 0.845 bits per heavy atom. The number of benzene rings is 6. The van der Waals surface area contributed by atoms with E-state index in [9.17, 15) is 46.2 Å². The predicted octanol–water partition coefficient (Wildman–Crippen LogP) is 12.5. The maximum atomic E-state index is 14.2. The van der Waals surface area contributed by atoms with E-state index in [1.54, 1.807) is 143 Å². The largest absolute Gasteiger partial charge is 0.481 e. The Morgan fingerprint density at radius 1 is 0.500 bits per heavy atom. The maximum Gasteiger partial charge on any atom is 0.306 e. The van der Waals surface area contributed by atoms with Gasteiger partial charge in [0.05, 0.1) is 72.0 Å². The second-order valence-corrected chi connectivity index (χ2v) is 27.2. The van der Waals surface area contributed by atoms with Crippen molar-refractivity contribution in [3.05, 3.63) is 200 Å². The fourth-order valence-electron chi connectivity index (χ4n) is 11.0. The summed E-state index contributed by atoms with van der Waals surface area (Å²) in [5, 5.41) is 20.3. The Hall–Kier alpha value is -6.22. The second-order valence-electron chi connectivity index (χ2n) is 21.2. The molecular formula is C62H64Cl4N4O12S2. The highest BCUT2D eigenvalue weighted by Crippen LogP contribution is 2.48. The van der Waals surface area contributed by atoms with Gasteiger partial charge < -0.3 is 29.5 Å². The lowest BCUT2D eigenvalue weighted by Crippen LogP contribution is -2.58. The van der Waals surface area contributed by atoms with Crippen molar-refractivity contribution in [1.29, 1.82) is 0 Å². The molecule has 2 aliphatic heterocycles. The minimum absolute atomic E-state index is 0.00274. The summed E-state index contributed by atoms with van der Waals surface area (Å²) in [6.07, 6.45) is -2.07. The first kappa shape index (κ1) is 62.3. The molecule has 444 valence electrons. The lowest BCUT2D eigenvalue weighted by molar-refractivity contribution is -0.183. The Balaban J connectivity index is 0.000000202. The average Bonchev–Trinajstić information content (AvgIpc) is 1.29. The highest BCUT2D eigenvalue weighted by Gasteiger charge is 2.51. The molecule has 2 saturated carbocycles. The number of anilines is 2. The number of para-hydroxylation sites is 2. The molecule has 0 spiro atoms. The molecule has 16 nitrogen and oxygen atoms in total. The van der Waals surface area contributed by atoms with Gasteiger partial charge in [0, 0.05) is 20.1 Å². The Morgan fingerprint density at radius 3 is 1.14 bits per heavy atom. The number of hydrogen-bond donors (Lipinski definition) is 2. The summed E-state index contributed by atoms with van der Waals surface area (Å²) in [6.45, 7) is 3.77. The van der Waals surface area contributed by atoms with Gasteiger partial charge in [0.1, 0.15) is 24.4 Å². The van der Waals surface area contributed by atoms with Crippen LogP contribution in [0.2, 0.25) is 20.1 Å². The molecular weight excluding hydrogens is 1200 g/mol. The molecule has 4 aliphatic rings. The van der Waals surface area contributed by atoms with Crippen molar-refractivity contribution in [2.75, 3.05) is 21.7 Å². The Bertz CT molecular complexity index is 3300. The van der Waals surface area contributed by atoms with Crippen LogP contribution in [-0.2, 0) is 48.7 Å². The standard InChI is InChI=1S/2C31H32Cl2N2O6S/c2*1-2-24(19-34(25-9-4-3-5-10-25)42(39,40)26-15-16-26)35-29(20-11-13-22(32)14-12-20)30(21-7-6-8-23(33)17-21)41-27(31(35)38)18-28(36)37/h2*3-14,17,24,26-27,29-30H,2,15-16,18-19H2,1H3,(H,36,37)/t24-,27+,29?,30+;24-,27-,29?,30+/m00/s1. The molecule has 6 aromatic rings. The normalized spacial score (nSPS) is 21.6. The lowest BCUT2D eigenvalue weighted by Gasteiger charge is -2.48. The van der Waals surface area contributed by atoms with Crippen molar-refractivity contribution in [2.45, 2.75) is 124 Å². The number of morpholine rings is 2. The van der Waals surface area contributed by atoms with Crippen LogP contribution in [0.15, 0.2) is 158 Å². The van der Waals surface area contributed by atoms with Crippen LogP contribution >= 0.6 is 46.4 Å². The number of rotatable bonds is 22. The molecule has 0 bridgehead atoms. The van der Waals surface area contributed by atoms with Crippen LogP contribution < -0.4 is 8.61 Å². The van der Waals surface area contributed by atoms with Gasteiger partial charge in [0.2, 0.25) is 20.0 Å². The van der Waals surface area contributed by atoms with Crippen LogP contribution in [0, 0.1) is 0 Å². The van der Waals surface area contributed by atoms with Gasteiger partial charge in [-0.2, -0.15) is 0 Å². The molecule has 8 atom stereocenters. The van der Waals surface area contributed by atoms with Crippen LogP contribution in [0.4, 0.5) is 11.4 Å². The molecule has 2 heterocycles. The number of carbonyl (C=O) groups excluding carboxylic acids is 2. The summed E-state index contributed by atoms with van der Waals surface area (Å²) in [6, 6.07) is 43.2. The van der Waals surface area contributed by atoms with E-state index < -0.39 is 116 Å². The van der Waals surface area contributed by atoms with Gasteiger partial charge in [-0.15, -0.1) is 0 Å². The van der Waals surface area contributed by atoms with Crippen molar-refractivity contribution in [2.24, 2.45) is 0 Å². The fourth-order valence-corrected chi connectivity index (χ4v) is 15.4. The first-order chi connectivity index (χ1) is 40.2. The number of carboxylic acid groups (broad SMARTS) is 2. The summed E-state index contributed by atoms with van der Waals surface area (Å²) < 4.78 is 70.3.